The number of benzene rings is 1. The van der Waals surface area contributed by atoms with E-state index < -0.39 is 17.3 Å². The highest BCUT2D eigenvalue weighted by Gasteiger charge is 2.46. The number of aromatic nitrogens is 3. The number of carbonyl (C=O) groups is 1. The summed E-state index contributed by atoms with van der Waals surface area (Å²) in [7, 11) is 0. The summed E-state index contributed by atoms with van der Waals surface area (Å²) in [4.78, 5) is 18.4. The van der Waals surface area contributed by atoms with E-state index >= 15 is 0 Å². The van der Waals surface area contributed by atoms with E-state index in [1.165, 1.54) is 6.07 Å². The number of alkyl halides is 3. The Morgan fingerprint density at radius 1 is 1.11 bits per heavy atom. The quantitative estimate of drug-likeness (QED) is 0.476. The second-order valence-electron chi connectivity index (χ2n) is 10.9. The Kier molecular flexibility index (Phi) is 5.88. The zero-order chi connectivity index (χ0) is 25.7. The van der Waals surface area contributed by atoms with Crippen LogP contribution in [0.1, 0.15) is 52.0 Å². The zero-order valence-corrected chi connectivity index (χ0v) is 20.6. The molecule has 1 saturated carbocycles. The molecule has 2 aromatic heterocycles. The van der Waals surface area contributed by atoms with E-state index in [9.17, 15) is 18.0 Å². The molecule has 2 fully saturated rings. The highest BCUT2D eigenvalue weighted by atomic mass is 19.4. The van der Waals surface area contributed by atoms with Crippen LogP contribution in [0.25, 0.3) is 16.9 Å². The Morgan fingerprint density at radius 3 is 2.50 bits per heavy atom. The van der Waals surface area contributed by atoms with E-state index in [4.69, 9.17) is 4.74 Å². The van der Waals surface area contributed by atoms with Crippen LogP contribution >= 0.6 is 0 Å². The summed E-state index contributed by atoms with van der Waals surface area (Å²) in [6.07, 6.45) is 0.730. The van der Waals surface area contributed by atoms with Crippen molar-refractivity contribution >= 4 is 17.6 Å². The standard InChI is InChI=1S/C26H30F3N5O2/c1-24(2,3)36-23(35)33-11-9-25(10-12-33)14-19(15-25)31-21-7-8-22-30-16-20(34(22)32-21)17-5-4-6-18(13-17)26(27,28)29/h4-8,13,16,19H,9-12,14-15H2,1-3H3,(H,31,32). The molecule has 7 nitrogen and oxygen atoms in total. The molecule has 0 radical (unpaired) electrons. The summed E-state index contributed by atoms with van der Waals surface area (Å²) in [6, 6.07) is 9.08. The number of nitrogens with one attached hydrogen (secondary N) is 1. The molecule has 0 bridgehead atoms. The minimum atomic E-state index is -4.42. The van der Waals surface area contributed by atoms with Crippen LogP contribution in [-0.2, 0) is 10.9 Å². The Labute approximate surface area is 207 Å². The van der Waals surface area contributed by atoms with Crippen LogP contribution < -0.4 is 5.32 Å². The first-order valence-corrected chi connectivity index (χ1v) is 12.2. The molecule has 1 amide bonds. The molecule has 1 aliphatic heterocycles. The van der Waals surface area contributed by atoms with Gasteiger partial charge < -0.3 is 15.0 Å². The molecule has 36 heavy (non-hydrogen) atoms. The van der Waals surface area contributed by atoms with E-state index in [-0.39, 0.29) is 17.6 Å². The van der Waals surface area contributed by atoms with Gasteiger partial charge in [-0.15, -0.1) is 5.10 Å². The number of ether oxygens (including phenoxy) is 1. The molecule has 1 aliphatic carbocycles. The predicted octanol–water partition coefficient (Wildman–Crippen LogP) is 6.01. The highest BCUT2D eigenvalue weighted by Crippen LogP contribution is 2.50. The van der Waals surface area contributed by atoms with Gasteiger partial charge in [-0.25, -0.2) is 14.3 Å². The summed E-state index contributed by atoms with van der Waals surface area (Å²) < 4.78 is 46.6. The van der Waals surface area contributed by atoms with Crippen LogP contribution in [0, 0.1) is 5.41 Å². The van der Waals surface area contributed by atoms with Crippen molar-refractivity contribution in [2.45, 2.75) is 64.3 Å². The molecule has 1 aromatic carbocycles. The normalized spacial score (nSPS) is 18.3. The molecule has 1 saturated heterocycles. The highest BCUT2D eigenvalue weighted by molar-refractivity contribution is 5.68. The van der Waals surface area contributed by atoms with Gasteiger partial charge in [0, 0.05) is 24.7 Å². The number of amides is 1. The lowest BCUT2D eigenvalue weighted by atomic mass is 9.60. The largest absolute Gasteiger partial charge is 0.444 e. The molecule has 0 atom stereocenters. The Hall–Kier alpha value is -3.30. The predicted molar refractivity (Wildman–Crippen MR) is 130 cm³/mol. The number of likely N-dealkylation sites (tertiary alicyclic amines) is 1. The van der Waals surface area contributed by atoms with Crippen molar-refractivity contribution in [1.29, 1.82) is 0 Å². The number of halogens is 3. The summed E-state index contributed by atoms with van der Waals surface area (Å²) in [5, 5.41) is 8.09. The van der Waals surface area contributed by atoms with E-state index in [0.29, 0.717) is 35.8 Å². The first-order chi connectivity index (χ1) is 16.9. The third-order valence-corrected chi connectivity index (χ3v) is 7.03. The number of fused-ring (bicyclic) bond motifs is 1. The van der Waals surface area contributed by atoms with Gasteiger partial charge in [-0.2, -0.15) is 13.2 Å². The Balaban J connectivity index is 1.23. The number of carbonyl (C=O) groups excluding carboxylic acids is 1. The Bertz CT molecular complexity index is 1260. The number of anilines is 1. The summed E-state index contributed by atoms with van der Waals surface area (Å²) in [5.74, 6) is 0.653. The molecular formula is C26H30F3N5O2. The minimum Gasteiger partial charge on any atom is -0.444 e. The van der Waals surface area contributed by atoms with Crippen molar-refractivity contribution in [3.8, 4) is 11.3 Å². The molecule has 5 rings (SSSR count). The maximum Gasteiger partial charge on any atom is 0.416 e. The monoisotopic (exact) mass is 501 g/mol. The van der Waals surface area contributed by atoms with Gasteiger partial charge in [0.2, 0.25) is 0 Å². The average molecular weight is 502 g/mol. The van der Waals surface area contributed by atoms with Crippen LogP contribution in [0.15, 0.2) is 42.6 Å². The van der Waals surface area contributed by atoms with Crippen LogP contribution in [0.3, 0.4) is 0 Å². The lowest BCUT2D eigenvalue weighted by molar-refractivity contribution is -0.137. The fourth-order valence-corrected chi connectivity index (χ4v) is 5.20. The summed E-state index contributed by atoms with van der Waals surface area (Å²) >= 11 is 0. The number of nitrogens with zero attached hydrogens (tertiary/aromatic N) is 4. The SMILES string of the molecule is CC(C)(C)OC(=O)N1CCC2(CC1)CC(Nc1ccc3ncc(-c4cccc(C(F)(F)F)c4)n3n1)C2. The van der Waals surface area contributed by atoms with Gasteiger partial charge in [0.15, 0.2) is 5.65 Å². The maximum absolute atomic E-state index is 13.2. The molecule has 3 heterocycles. The number of hydrogen-bond acceptors (Lipinski definition) is 5. The van der Waals surface area contributed by atoms with Crippen LogP contribution in [0.2, 0.25) is 0 Å². The van der Waals surface area contributed by atoms with E-state index in [1.54, 1.807) is 27.7 Å². The van der Waals surface area contributed by atoms with Crippen molar-refractivity contribution in [3.05, 3.63) is 48.2 Å². The van der Waals surface area contributed by atoms with Gasteiger partial charge in [0.1, 0.15) is 11.4 Å². The van der Waals surface area contributed by atoms with Crippen molar-refractivity contribution < 1.29 is 22.7 Å². The third kappa shape index (κ3) is 4.99. The second-order valence-corrected chi connectivity index (χ2v) is 10.9. The van der Waals surface area contributed by atoms with Gasteiger partial charge in [-0.3, -0.25) is 0 Å². The fraction of sp³-hybridized carbons (Fsp3) is 0.500. The maximum atomic E-state index is 13.2. The second kappa shape index (κ2) is 8.67. The average Bonchev–Trinajstić information content (AvgIpc) is 3.20. The van der Waals surface area contributed by atoms with E-state index in [2.05, 4.69) is 15.4 Å². The van der Waals surface area contributed by atoms with Gasteiger partial charge in [-0.05, 0) is 76.1 Å². The van der Waals surface area contributed by atoms with Crippen molar-refractivity contribution in [2.75, 3.05) is 18.4 Å². The molecule has 10 heteroatoms. The van der Waals surface area contributed by atoms with Gasteiger partial charge in [0.05, 0.1) is 17.5 Å². The summed E-state index contributed by atoms with van der Waals surface area (Å²) in [5.41, 5.74) is 0.482. The van der Waals surface area contributed by atoms with E-state index in [1.807, 2.05) is 26.8 Å². The van der Waals surface area contributed by atoms with E-state index in [0.717, 1.165) is 37.8 Å². The van der Waals surface area contributed by atoms with Crippen LogP contribution in [-0.4, -0.2) is 50.3 Å². The lowest BCUT2D eigenvalue weighted by Gasteiger charge is -2.52. The van der Waals surface area contributed by atoms with Crippen molar-refractivity contribution in [1.82, 2.24) is 19.5 Å². The molecule has 3 aromatic rings. The summed E-state index contributed by atoms with van der Waals surface area (Å²) in [6.45, 7) is 7.01. The topological polar surface area (TPSA) is 71.8 Å². The van der Waals surface area contributed by atoms with Crippen LogP contribution in [0.5, 0.6) is 0 Å². The van der Waals surface area contributed by atoms with Crippen molar-refractivity contribution in [3.63, 3.8) is 0 Å². The molecule has 2 aliphatic rings. The first-order valence-electron chi connectivity index (χ1n) is 12.2. The molecule has 1 N–H and O–H groups in total. The molecule has 192 valence electrons. The smallest absolute Gasteiger partial charge is 0.416 e. The fourth-order valence-electron chi connectivity index (χ4n) is 5.20. The minimum absolute atomic E-state index is 0.221. The lowest BCUT2D eigenvalue weighted by Crippen LogP contribution is -2.53. The van der Waals surface area contributed by atoms with Gasteiger partial charge >= 0.3 is 12.3 Å². The van der Waals surface area contributed by atoms with Gasteiger partial charge in [0.25, 0.3) is 0 Å². The third-order valence-electron chi connectivity index (χ3n) is 7.03. The van der Waals surface area contributed by atoms with Crippen LogP contribution in [0.4, 0.5) is 23.8 Å². The number of piperidine rings is 1. The number of imidazole rings is 1. The number of hydrogen-bond donors (Lipinski definition) is 1. The molecular weight excluding hydrogens is 471 g/mol. The molecule has 0 unspecified atom stereocenters. The zero-order valence-electron chi connectivity index (χ0n) is 20.6. The van der Waals surface area contributed by atoms with Crippen molar-refractivity contribution in [2.24, 2.45) is 5.41 Å². The molecule has 1 spiro atoms. The number of rotatable bonds is 3. The first kappa shape index (κ1) is 24.4. The van der Waals surface area contributed by atoms with Gasteiger partial charge in [-0.1, -0.05) is 12.1 Å². The Morgan fingerprint density at radius 2 is 1.83 bits per heavy atom.